The van der Waals surface area contributed by atoms with E-state index in [4.69, 9.17) is 8.94 Å². The fourth-order valence-electron chi connectivity index (χ4n) is 3.65. The van der Waals surface area contributed by atoms with Crippen molar-refractivity contribution in [2.45, 2.75) is 38.5 Å². The lowest BCUT2D eigenvalue weighted by atomic mass is 9.88. The van der Waals surface area contributed by atoms with Crippen LogP contribution in [0.1, 0.15) is 42.0 Å². The molecular weight excluding hydrogens is 344 g/mol. The third kappa shape index (κ3) is 2.92. The first-order valence-corrected chi connectivity index (χ1v) is 9.01. The molecule has 8 heteroatoms. The Morgan fingerprint density at radius 3 is 3.11 bits per heavy atom. The zero-order chi connectivity index (χ0) is 18.2. The zero-order valence-electron chi connectivity index (χ0n) is 14.9. The lowest BCUT2D eigenvalue weighted by molar-refractivity contribution is 0.357. The van der Waals surface area contributed by atoms with Crippen molar-refractivity contribution in [2.24, 2.45) is 0 Å². The summed E-state index contributed by atoms with van der Waals surface area (Å²) in [7, 11) is 0. The largest absolute Gasteiger partial charge is 0.446 e. The molecule has 0 spiro atoms. The minimum atomic E-state index is 0.252. The van der Waals surface area contributed by atoms with Crippen molar-refractivity contribution >= 4 is 0 Å². The highest BCUT2D eigenvalue weighted by Crippen LogP contribution is 2.34. The highest BCUT2D eigenvalue weighted by atomic mass is 16.5. The molecule has 1 aliphatic carbocycles. The summed E-state index contributed by atoms with van der Waals surface area (Å²) < 4.78 is 13.0. The van der Waals surface area contributed by atoms with Crippen molar-refractivity contribution in [3.63, 3.8) is 0 Å². The molecule has 0 aromatic carbocycles. The molecule has 0 amide bonds. The van der Waals surface area contributed by atoms with E-state index in [9.17, 15) is 0 Å². The maximum atomic E-state index is 5.71. The summed E-state index contributed by atoms with van der Waals surface area (Å²) in [6, 6.07) is 3.73. The van der Waals surface area contributed by atoms with Crippen LogP contribution in [0.15, 0.2) is 45.9 Å². The van der Waals surface area contributed by atoms with Gasteiger partial charge in [-0.3, -0.25) is 4.98 Å². The number of pyridine rings is 1. The van der Waals surface area contributed by atoms with Crippen LogP contribution in [0.25, 0.3) is 17.1 Å². The lowest BCUT2D eigenvalue weighted by Gasteiger charge is -2.18. The molecule has 0 radical (unpaired) electrons. The van der Waals surface area contributed by atoms with Gasteiger partial charge < -0.3 is 8.94 Å². The second-order valence-electron chi connectivity index (χ2n) is 6.69. The maximum absolute atomic E-state index is 5.71. The van der Waals surface area contributed by atoms with Crippen LogP contribution in [0.3, 0.4) is 0 Å². The van der Waals surface area contributed by atoms with Crippen molar-refractivity contribution in [3.8, 4) is 17.1 Å². The fraction of sp³-hybridized carbons (Fsp3) is 0.316. The number of hydrogen-bond acceptors (Lipinski definition) is 7. The fourth-order valence-corrected chi connectivity index (χ4v) is 3.65. The number of nitrogens with zero attached hydrogens (tertiary/aromatic N) is 6. The Morgan fingerprint density at radius 2 is 2.22 bits per heavy atom. The summed E-state index contributed by atoms with van der Waals surface area (Å²) in [6.45, 7) is 1.89. The molecule has 136 valence electrons. The molecule has 0 bridgehead atoms. The molecule has 27 heavy (non-hydrogen) atoms. The summed E-state index contributed by atoms with van der Waals surface area (Å²) in [4.78, 5) is 13.4. The topological polar surface area (TPSA) is 95.7 Å². The van der Waals surface area contributed by atoms with Crippen molar-refractivity contribution in [3.05, 3.63) is 60.2 Å². The summed E-state index contributed by atoms with van der Waals surface area (Å²) in [5.74, 6) is 3.11. The van der Waals surface area contributed by atoms with Crippen molar-refractivity contribution in [1.82, 2.24) is 29.9 Å². The summed E-state index contributed by atoms with van der Waals surface area (Å²) in [5.41, 5.74) is 2.67. The van der Waals surface area contributed by atoms with Crippen molar-refractivity contribution < 1.29 is 8.94 Å². The number of oxazole rings is 1. The third-order valence-corrected chi connectivity index (χ3v) is 4.86. The van der Waals surface area contributed by atoms with Crippen molar-refractivity contribution in [2.75, 3.05) is 0 Å². The lowest BCUT2D eigenvalue weighted by Crippen LogP contribution is -2.11. The molecule has 0 aliphatic heterocycles. The average molecular weight is 362 g/mol. The molecule has 4 heterocycles. The van der Waals surface area contributed by atoms with Crippen LogP contribution in [0.5, 0.6) is 0 Å². The number of rotatable bonds is 4. The molecule has 8 nitrogen and oxygen atoms in total. The Hall–Kier alpha value is -3.29. The first-order valence-electron chi connectivity index (χ1n) is 9.01. The third-order valence-electron chi connectivity index (χ3n) is 4.86. The molecule has 0 fully saturated rings. The van der Waals surface area contributed by atoms with Gasteiger partial charge in [0.2, 0.25) is 11.7 Å². The van der Waals surface area contributed by atoms with Crippen LogP contribution in [0, 0.1) is 6.92 Å². The second kappa shape index (κ2) is 6.46. The van der Waals surface area contributed by atoms with Gasteiger partial charge in [-0.2, -0.15) is 10.1 Å². The highest BCUT2D eigenvalue weighted by molar-refractivity contribution is 5.65. The normalized spacial score (nSPS) is 16.4. The van der Waals surface area contributed by atoms with Crippen LogP contribution in [0.4, 0.5) is 0 Å². The molecule has 1 aliphatic rings. The smallest absolute Gasteiger partial charge is 0.227 e. The zero-order valence-corrected chi connectivity index (χ0v) is 14.9. The van der Waals surface area contributed by atoms with Gasteiger partial charge in [0.1, 0.15) is 5.76 Å². The maximum Gasteiger partial charge on any atom is 0.227 e. The van der Waals surface area contributed by atoms with E-state index in [1.54, 1.807) is 23.3 Å². The van der Waals surface area contributed by atoms with E-state index in [0.29, 0.717) is 18.1 Å². The number of hydrogen-bond donors (Lipinski definition) is 0. The summed E-state index contributed by atoms with van der Waals surface area (Å²) in [6.07, 6.45) is 10.8. The monoisotopic (exact) mass is 362 g/mol. The molecule has 4 aromatic rings. The van der Waals surface area contributed by atoms with Crippen LogP contribution >= 0.6 is 0 Å². The van der Waals surface area contributed by atoms with Crippen molar-refractivity contribution in [1.29, 1.82) is 0 Å². The van der Waals surface area contributed by atoms with E-state index in [1.807, 2.05) is 25.3 Å². The van der Waals surface area contributed by atoms with E-state index in [1.165, 1.54) is 0 Å². The Morgan fingerprint density at radius 1 is 1.26 bits per heavy atom. The molecular formula is C19H18N6O2. The first kappa shape index (κ1) is 15.9. The number of aromatic nitrogens is 6. The standard InChI is InChI=1S/C19H18N6O2/c1-12-22-18-13(4-2-5-16(18)26-12)10-17-23-19(24-27-17)14-6-8-20-11-15(14)25-9-3-7-21-25/h3,6-9,11,13H,2,4-5,10H2,1H3. The van der Waals surface area contributed by atoms with E-state index in [2.05, 4.69) is 25.2 Å². The molecule has 0 saturated carbocycles. The quantitative estimate of drug-likeness (QED) is 0.550. The van der Waals surface area contributed by atoms with E-state index in [0.717, 1.165) is 47.9 Å². The Kier molecular flexibility index (Phi) is 3.81. The van der Waals surface area contributed by atoms with Crippen LogP contribution < -0.4 is 0 Å². The molecule has 4 aromatic heterocycles. The van der Waals surface area contributed by atoms with E-state index in [-0.39, 0.29) is 5.92 Å². The van der Waals surface area contributed by atoms with E-state index >= 15 is 0 Å². The average Bonchev–Trinajstić information content (AvgIpc) is 3.42. The van der Waals surface area contributed by atoms with Gasteiger partial charge in [-0.15, -0.1) is 0 Å². The molecule has 1 unspecified atom stereocenters. The van der Waals surface area contributed by atoms with Gasteiger partial charge in [-0.05, 0) is 25.0 Å². The Labute approximate surface area is 155 Å². The van der Waals surface area contributed by atoms with Gasteiger partial charge in [-0.25, -0.2) is 9.67 Å². The summed E-state index contributed by atoms with van der Waals surface area (Å²) >= 11 is 0. The van der Waals surface area contributed by atoms with Crippen LogP contribution in [-0.2, 0) is 12.8 Å². The highest BCUT2D eigenvalue weighted by Gasteiger charge is 2.27. The predicted molar refractivity (Wildman–Crippen MR) is 95.3 cm³/mol. The van der Waals surface area contributed by atoms with Crippen LogP contribution in [-0.4, -0.2) is 29.9 Å². The summed E-state index contributed by atoms with van der Waals surface area (Å²) in [5, 5.41) is 8.46. The predicted octanol–water partition coefficient (Wildman–Crippen LogP) is 3.28. The Balaban J connectivity index is 1.44. The molecule has 5 rings (SSSR count). The van der Waals surface area contributed by atoms with Crippen LogP contribution in [0.2, 0.25) is 0 Å². The molecule has 0 N–H and O–H groups in total. The van der Waals surface area contributed by atoms with E-state index < -0.39 is 0 Å². The minimum Gasteiger partial charge on any atom is -0.446 e. The van der Waals surface area contributed by atoms with Gasteiger partial charge in [0.05, 0.1) is 23.1 Å². The molecule has 0 saturated heterocycles. The second-order valence-corrected chi connectivity index (χ2v) is 6.69. The number of aryl methyl sites for hydroxylation is 2. The van der Waals surface area contributed by atoms with Gasteiger partial charge >= 0.3 is 0 Å². The van der Waals surface area contributed by atoms with Gasteiger partial charge in [0.15, 0.2) is 5.89 Å². The first-order chi connectivity index (χ1) is 13.3. The Bertz CT molecular complexity index is 1070. The molecule has 1 atom stereocenters. The van der Waals surface area contributed by atoms with Gasteiger partial charge in [-0.1, -0.05) is 5.16 Å². The van der Waals surface area contributed by atoms with Gasteiger partial charge in [0, 0.05) is 44.3 Å². The SMILES string of the molecule is Cc1nc2c(o1)CCCC2Cc1nc(-c2ccncc2-n2cccn2)no1. The van der Waals surface area contributed by atoms with Gasteiger partial charge in [0.25, 0.3) is 0 Å². The minimum absolute atomic E-state index is 0.252. The number of fused-ring (bicyclic) bond motifs is 1.